The summed E-state index contributed by atoms with van der Waals surface area (Å²) in [6.07, 6.45) is 7.90. The van der Waals surface area contributed by atoms with Crippen LogP contribution in [-0.2, 0) is 4.74 Å². The SMILES string of the molecule is CC(C)(COC12CC3CC(CC(C3)C1)C2)NC(=O)Nc1cccc2ccccc12. The number of benzene rings is 2. The molecule has 4 bridgehead atoms. The molecule has 154 valence electrons. The van der Waals surface area contributed by atoms with Crippen LogP contribution in [-0.4, -0.2) is 23.8 Å². The van der Waals surface area contributed by atoms with Gasteiger partial charge in [-0.15, -0.1) is 0 Å². The lowest BCUT2D eigenvalue weighted by Gasteiger charge is -2.56. The number of fused-ring (bicyclic) bond motifs is 1. The minimum atomic E-state index is -0.419. The Morgan fingerprint density at radius 1 is 1.00 bits per heavy atom. The Bertz CT molecular complexity index is 879. The normalized spacial score (nSPS) is 30.5. The van der Waals surface area contributed by atoms with Crippen LogP contribution in [0.1, 0.15) is 52.4 Å². The molecule has 2 aromatic carbocycles. The zero-order valence-corrected chi connectivity index (χ0v) is 17.5. The first kappa shape index (κ1) is 18.9. The van der Waals surface area contributed by atoms with Crippen molar-refractivity contribution in [3.05, 3.63) is 42.5 Å². The van der Waals surface area contributed by atoms with Crippen LogP contribution in [0.5, 0.6) is 0 Å². The van der Waals surface area contributed by atoms with Crippen molar-refractivity contribution in [2.45, 2.75) is 63.5 Å². The molecule has 0 aliphatic heterocycles. The largest absolute Gasteiger partial charge is 0.373 e. The fourth-order valence-electron chi connectivity index (χ4n) is 6.37. The maximum Gasteiger partial charge on any atom is 0.319 e. The molecule has 4 heteroatoms. The third-order valence-corrected chi connectivity index (χ3v) is 7.21. The van der Waals surface area contributed by atoms with Crippen LogP contribution in [0.3, 0.4) is 0 Å². The van der Waals surface area contributed by atoms with Gasteiger partial charge in [-0.2, -0.15) is 0 Å². The summed E-state index contributed by atoms with van der Waals surface area (Å²) >= 11 is 0. The number of ether oxygens (including phenoxy) is 1. The number of anilines is 1. The second-order valence-corrected chi connectivity index (χ2v) is 10.4. The van der Waals surface area contributed by atoms with Gasteiger partial charge in [0.05, 0.1) is 23.4 Å². The molecular formula is C25H32N2O2. The van der Waals surface area contributed by atoms with E-state index in [0.717, 1.165) is 34.2 Å². The molecule has 4 aliphatic carbocycles. The van der Waals surface area contributed by atoms with Crippen LogP contribution in [0.25, 0.3) is 10.8 Å². The number of nitrogens with one attached hydrogen (secondary N) is 2. The van der Waals surface area contributed by atoms with Crippen molar-refractivity contribution in [1.29, 1.82) is 0 Å². The highest BCUT2D eigenvalue weighted by Gasteiger charge is 2.52. The summed E-state index contributed by atoms with van der Waals surface area (Å²) in [5, 5.41) is 8.33. The Balaban J connectivity index is 1.21. The summed E-state index contributed by atoms with van der Waals surface area (Å²) in [6, 6.07) is 13.9. The Morgan fingerprint density at radius 3 is 2.31 bits per heavy atom. The molecule has 2 aromatic rings. The van der Waals surface area contributed by atoms with Gasteiger partial charge in [-0.05, 0) is 81.6 Å². The number of hydrogen-bond donors (Lipinski definition) is 2. The summed E-state index contributed by atoms with van der Waals surface area (Å²) in [6.45, 7) is 4.66. The lowest BCUT2D eigenvalue weighted by molar-refractivity contribution is -0.170. The zero-order valence-electron chi connectivity index (χ0n) is 17.5. The smallest absolute Gasteiger partial charge is 0.319 e. The van der Waals surface area contributed by atoms with Crippen LogP contribution in [0.4, 0.5) is 10.5 Å². The summed E-state index contributed by atoms with van der Waals surface area (Å²) in [5.41, 5.74) is 0.482. The molecule has 0 saturated heterocycles. The van der Waals surface area contributed by atoms with E-state index in [1.165, 1.54) is 38.5 Å². The molecule has 2 amide bonds. The lowest BCUT2D eigenvalue weighted by Crippen LogP contribution is -2.55. The molecule has 0 aromatic heterocycles. The van der Waals surface area contributed by atoms with Crippen molar-refractivity contribution in [3.63, 3.8) is 0 Å². The number of amides is 2. The molecule has 0 radical (unpaired) electrons. The van der Waals surface area contributed by atoms with Gasteiger partial charge >= 0.3 is 6.03 Å². The minimum Gasteiger partial charge on any atom is -0.373 e. The first-order chi connectivity index (χ1) is 13.9. The molecule has 4 saturated carbocycles. The van der Waals surface area contributed by atoms with Gasteiger partial charge in [0.15, 0.2) is 0 Å². The third kappa shape index (κ3) is 3.87. The second-order valence-electron chi connectivity index (χ2n) is 10.4. The van der Waals surface area contributed by atoms with Crippen molar-refractivity contribution < 1.29 is 9.53 Å². The average Bonchev–Trinajstić information content (AvgIpc) is 2.65. The molecule has 2 N–H and O–H groups in total. The number of carbonyl (C=O) groups is 1. The fraction of sp³-hybridized carbons (Fsp3) is 0.560. The number of urea groups is 1. The molecule has 4 aliphatic rings. The first-order valence-electron chi connectivity index (χ1n) is 11.1. The maximum atomic E-state index is 12.7. The second kappa shape index (κ2) is 7.02. The Kier molecular flexibility index (Phi) is 4.58. The van der Waals surface area contributed by atoms with Crippen LogP contribution in [0.2, 0.25) is 0 Å². The van der Waals surface area contributed by atoms with E-state index in [1.807, 2.05) is 30.3 Å². The molecule has 29 heavy (non-hydrogen) atoms. The van der Waals surface area contributed by atoms with Crippen LogP contribution in [0, 0.1) is 17.8 Å². The van der Waals surface area contributed by atoms with E-state index >= 15 is 0 Å². The van der Waals surface area contributed by atoms with E-state index in [-0.39, 0.29) is 11.6 Å². The van der Waals surface area contributed by atoms with Gasteiger partial charge in [0.2, 0.25) is 0 Å². The third-order valence-electron chi connectivity index (χ3n) is 7.21. The van der Waals surface area contributed by atoms with Gasteiger partial charge in [0, 0.05) is 5.39 Å². The predicted octanol–water partition coefficient (Wildman–Crippen LogP) is 5.73. The predicted molar refractivity (Wildman–Crippen MR) is 117 cm³/mol. The van der Waals surface area contributed by atoms with Crippen LogP contribution >= 0.6 is 0 Å². The molecule has 4 nitrogen and oxygen atoms in total. The standard InChI is InChI=1S/C25H32N2O2/c1-24(2,16-29-25-13-17-10-18(14-25)12-19(11-17)15-25)27-23(28)26-22-9-5-7-20-6-3-4-8-21(20)22/h3-9,17-19H,10-16H2,1-2H3,(H2,26,27,28). The molecule has 6 rings (SSSR count). The van der Waals surface area contributed by atoms with Crippen LogP contribution < -0.4 is 10.6 Å². The highest BCUT2D eigenvalue weighted by molar-refractivity contribution is 6.01. The van der Waals surface area contributed by atoms with Gasteiger partial charge in [0.25, 0.3) is 0 Å². The van der Waals surface area contributed by atoms with E-state index < -0.39 is 5.54 Å². The topological polar surface area (TPSA) is 50.4 Å². The van der Waals surface area contributed by atoms with Crippen molar-refractivity contribution in [2.24, 2.45) is 17.8 Å². The molecule has 4 fully saturated rings. The van der Waals surface area contributed by atoms with E-state index in [2.05, 4.69) is 36.6 Å². The van der Waals surface area contributed by atoms with E-state index in [0.29, 0.717) is 6.61 Å². The summed E-state index contributed by atoms with van der Waals surface area (Å²) in [7, 11) is 0. The summed E-state index contributed by atoms with van der Waals surface area (Å²) in [4.78, 5) is 12.7. The van der Waals surface area contributed by atoms with Gasteiger partial charge in [-0.3, -0.25) is 0 Å². The highest BCUT2D eigenvalue weighted by Crippen LogP contribution is 2.57. The average molecular weight is 393 g/mol. The fourth-order valence-corrected chi connectivity index (χ4v) is 6.37. The minimum absolute atomic E-state index is 0.0693. The van der Waals surface area contributed by atoms with Gasteiger partial charge in [-0.1, -0.05) is 36.4 Å². The highest BCUT2D eigenvalue weighted by atomic mass is 16.5. The quantitative estimate of drug-likeness (QED) is 0.683. The lowest BCUT2D eigenvalue weighted by atomic mass is 9.54. The van der Waals surface area contributed by atoms with Gasteiger partial charge in [-0.25, -0.2) is 4.79 Å². The molecular weight excluding hydrogens is 360 g/mol. The van der Waals surface area contributed by atoms with Gasteiger partial charge in [0.1, 0.15) is 0 Å². The van der Waals surface area contributed by atoms with Gasteiger partial charge < -0.3 is 15.4 Å². The Morgan fingerprint density at radius 2 is 1.62 bits per heavy atom. The number of carbonyl (C=O) groups excluding carboxylic acids is 1. The Labute approximate surface area is 173 Å². The molecule has 0 atom stereocenters. The monoisotopic (exact) mass is 392 g/mol. The van der Waals surface area contributed by atoms with E-state index in [9.17, 15) is 4.79 Å². The van der Waals surface area contributed by atoms with Crippen molar-refractivity contribution in [3.8, 4) is 0 Å². The summed E-state index contributed by atoms with van der Waals surface area (Å²) < 4.78 is 6.59. The molecule has 0 heterocycles. The first-order valence-corrected chi connectivity index (χ1v) is 11.1. The van der Waals surface area contributed by atoms with E-state index in [4.69, 9.17) is 4.74 Å². The maximum absolute atomic E-state index is 12.7. The zero-order chi connectivity index (χ0) is 20.1. The van der Waals surface area contributed by atoms with Crippen LogP contribution in [0.15, 0.2) is 42.5 Å². The number of hydrogen-bond acceptors (Lipinski definition) is 2. The number of rotatable bonds is 5. The molecule has 0 spiro atoms. The Hall–Kier alpha value is -2.07. The molecule has 0 unspecified atom stereocenters. The van der Waals surface area contributed by atoms with Crippen molar-refractivity contribution in [2.75, 3.05) is 11.9 Å². The summed E-state index contributed by atoms with van der Waals surface area (Å²) in [5.74, 6) is 2.60. The van der Waals surface area contributed by atoms with E-state index in [1.54, 1.807) is 0 Å². The van der Waals surface area contributed by atoms with Crippen molar-refractivity contribution in [1.82, 2.24) is 5.32 Å². The van der Waals surface area contributed by atoms with Crippen molar-refractivity contribution >= 4 is 22.5 Å².